The number of rotatable bonds is 4. The van der Waals surface area contributed by atoms with E-state index in [9.17, 15) is 0 Å². The van der Waals surface area contributed by atoms with Gasteiger partial charge >= 0.3 is 0 Å². The molecule has 0 radical (unpaired) electrons. The molecule has 4 heteroatoms. The van der Waals surface area contributed by atoms with Crippen LogP contribution in [0.25, 0.3) is 0 Å². The Morgan fingerprint density at radius 3 is 2.50 bits per heavy atom. The van der Waals surface area contributed by atoms with Gasteiger partial charge in [0.1, 0.15) is 0 Å². The van der Waals surface area contributed by atoms with Crippen molar-refractivity contribution >= 4 is 0 Å². The minimum atomic E-state index is 0.192. The molecular formula is C12H24N2O2. The van der Waals surface area contributed by atoms with Crippen LogP contribution in [0.3, 0.4) is 0 Å². The minimum absolute atomic E-state index is 0.192. The van der Waals surface area contributed by atoms with Crippen LogP contribution in [-0.4, -0.2) is 56.5 Å². The molecule has 0 spiro atoms. The van der Waals surface area contributed by atoms with Gasteiger partial charge in [-0.25, -0.2) is 0 Å². The summed E-state index contributed by atoms with van der Waals surface area (Å²) in [6.45, 7) is 2.93. The molecule has 2 N–H and O–H groups in total. The number of ether oxygens (including phenoxy) is 2. The van der Waals surface area contributed by atoms with Gasteiger partial charge in [0.25, 0.3) is 0 Å². The van der Waals surface area contributed by atoms with Crippen molar-refractivity contribution in [3.05, 3.63) is 0 Å². The molecule has 1 atom stereocenters. The Bertz CT molecular complexity index is 229. The molecule has 2 rings (SSSR count). The fourth-order valence-electron chi connectivity index (χ4n) is 3.07. The SMILES string of the molecule is COC1CCCN(C2(CN)CC(OC)C2)C1. The lowest BCUT2D eigenvalue weighted by Crippen LogP contribution is -2.66. The first-order chi connectivity index (χ1) is 7.74. The number of likely N-dealkylation sites (tertiary alicyclic amines) is 1. The molecule has 0 aromatic carbocycles. The first-order valence-electron chi connectivity index (χ1n) is 6.25. The molecule has 4 nitrogen and oxygen atoms in total. The monoisotopic (exact) mass is 228 g/mol. The minimum Gasteiger partial charge on any atom is -0.381 e. The molecule has 1 saturated heterocycles. The first kappa shape index (κ1) is 12.3. The summed E-state index contributed by atoms with van der Waals surface area (Å²) in [4.78, 5) is 2.53. The van der Waals surface area contributed by atoms with Gasteiger partial charge in [-0.15, -0.1) is 0 Å². The average molecular weight is 228 g/mol. The fourth-order valence-corrected chi connectivity index (χ4v) is 3.07. The van der Waals surface area contributed by atoms with E-state index in [2.05, 4.69) is 4.90 Å². The van der Waals surface area contributed by atoms with E-state index in [4.69, 9.17) is 15.2 Å². The van der Waals surface area contributed by atoms with Crippen molar-refractivity contribution in [2.24, 2.45) is 5.73 Å². The molecule has 0 amide bonds. The average Bonchev–Trinajstić information content (AvgIpc) is 2.29. The van der Waals surface area contributed by atoms with E-state index in [1.54, 1.807) is 7.11 Å². The van der Waals surface area contributed by atoms with Gasteiger partial charge in [0, 0.05) is 32.8 Å². The normalized spacial score (nSPS) is 40.7. The van der Waals surface area contributed by atoms with Crippen LogP contribution in [0, 0.1) is 0 Å². The highest BCUT2D eigenvalue weighted by molar-refractivity contribution is 5.05. The molecule has 2 aliphatic rings. The van der Waals surface area contributed by atoms with Crippen molar-refractivity contribution in [2.45, 2.75) is 43.4 Å². The number of nitrogens with two attached hydrogens (primary N) is 1. The topological polar surface area (TPSA) is 47.7 Å². The summed E-state index contributed by atoms with van der Waals surface area (Å²) < 4.78 is 10.8. The maximum absolute atomic E-state index is 5.97. The Balaban J connectivity index is 1.94. The van der Waals surface area contributed by atoms with Crippen molar-refractivity contribution in [2.75, 3.05) is 33.9 Å². The number of piperidine rings is 1. The van der Waals surface area contributed by atoms with Crippen LogP contribution in [0.2, 0.25) is 0 Å². The second kappa shape index (κ2) is 5.00. The van der Waals surface area contributed by atoms with Gasteiger partial charge in [-0.1, -0.05) is 0 Å². The first-order valence-corrected chi connectivity index (χ1v) is 6.25. The van der Waals surface area contributed by atoms with Gasteiger partial charge in [-0.2, -0.15) is 0 Å². The molecule has 2 fully saturated rings. The van der Waals surface area contributed by atoms with Crippen LogP contribution in [0.5, 0.6) is 0 Å². The highest BCUT2D eigenvalue weighted by Crippen LogP contribution is 2.40. The summed E-state index contributed by atoms with van der Waals surface area (Å²) in [5.41, 5.74) is 6.16. The van der Waals surface area contributed by atoms with Crippen molar-refractivity contribution in [1.82, 2.24) is 4.90 Å². The van der Waals surface area contributed by atoms with Gasteiger partial charge in [0.05, 0.1) is 12.2 Å². The number of nitrogens with zero attached hydrogens (tertiary/aromatic N) is 1. The molecule has 1 heterocycles. The summed E-state index contributed by atoms with van der Waals surface area (Å²) >= 11 is 0. The van der Waals surface area contributed by atoms with Crippen LogP contribution in [0.1, 0.15) is 25.7 Å². The van der Waals surface area contributed by atoms with Gasteiger partial charge < -0.3 is 15.2 Å². The van der Waals surface area contributed by atoms with E-state index in [0.29, 0.717) is 12.2 Å². The Morgan fingerprint density at radius 2 is 1.94 bits per heavy atom. The zero-order chi connectivity index (χ0) is 11.6. The van der Waals surface area contributed by atoms with E-state index in [-0.39, 0.29) is 5.54 Å². The predicted octanol–water partition coefficient (Wildman–Crippen LogP) is 0.604. The van der Waals surface area contributed by atoms with Gasteiger partial charge in [0.15, 0.2) is 0 Å². The molecule has 16 heavy (non-hydrogen) atoms. The standard InChI is InChI=1S/C12H24N2O2/c1-15-10-4-3-5-14(8-10)12(9-13)6-11(7-12)16-2/h10-11H,3-9,13H2,1-2H3. The van der Waals surface area contributed by atoms with Crippen LogP contribution in [0.4, 0.5) is 0 Å². The lowest BCUT2D eigenvalue weighted by atomic mass is 9.72. The quantitative estimate of drug-likeness (QED) is 0.765. The third-order valence-corrected chi connectivity index (χ3v) is 4.31. The molecule has 1 aliphatic heterocycles. The molecule has 0 bridgehead atoms. The smallest absolute Gasteiger partial charge is 0.0698 e. The van der Waals surface area contributed by atoms with Crippen molar-refractivity contribution in [3.8, 4) is 0 Å². The lowest BCUT2D eigenvalue weighted by Gasteiger charge is -2.55. The third-order valence-electron chi connectivity index (χ3n) is 4.31. The predicted molar refractivity (Wildman–Crippen MR) is 63.4 cm³/mol. The zero-order valence-electron chi connectivity index (χ0n) is 10.4. The molecule has 1 unspecified atom stereocenters. The van der Waals surface area contributed by atoms with Gasteiger partial charge in [-0.05, 0) is 32.2 Å². The van der Waals surface area contributed by atoms with E-state index in [1.807, 2.05) is 7.11 Å². The highest BCUT2D eigenvalue weighted by atomic mass is 16.5. The Morgan fingerprint density at radius 1 is 1.25 bits per heavy atom. The van der Waals surface area contributed by atoms with Crippen LogP contribution < -0.4 is 5.73 Å². The largest absolute Gasteiger partial charge is 0.381 e. The third kappa shape index (κ3) is 2.12. The summed E-state index contributed by atoms with van der Waals surface area (Å²) in [7, 11) is 3.60. The molecule has 0 aromatic rings. The Hall–Kier alpha value is -0.160. The maximum atomic E-state index is 5.97. The van der Waals surface area contributed by atoms with Crippen molar-refractivity contribution in [1.29, 1.82) is 0 Å². The summed E-state index contributed by atoms with van der Waals surface area (Å²) in [5, 5.41) is 0. The van der Waals surface area contributed by atoms with Crippen molar-refractivity contribution < 1.29 is 9.47 Å². The van der Waals surface area contributed by atoms with Gasteiger partial charge in [0.2, 0.25) is 0 Å². The summed E-state index contributed by atoms with van der Waals surface area (Å²) in [5.74, 6) is 0. The highest BCUT2D eigenvalue weighted by Gasteiger charge is 2.48. The lowest BCUT2D eigenvalue weighted by molar-refractivity contribution is -0.111. The van der Waals surface area contributed by atoms with E-state index < -0.39 is 0 Å². The van der Waals surface area contributed by atoms with E-state index in [1.165, 1.54) is 12.8 Å². The number of hydrogen-bond donors (Lipinski definition) is 1. The zero-order valence-corrected chi connectivity index (χ0v) is 10.4. The molecular weight excluding hydrogens is 204 g/mol. The Labute approximate surface area is 98.1 Å². The van der Waals surface area contributed by atoms with Crippen LogP contribution in [-0.2, 0) is 9.47 Å². The van der Waals surface area contributed by atoms with E-state index >= 15 is 0 Å². The molecule has 1 aliphatic carbocycles. The number of methoxy groups -OCH3 is 2. The Kier molecular flexibility index (Phi) is 3.85. The molecule has 0 aromatic heterocycles. The van der Waals surface area contributed by atoms with Gasteiger partial charge in [-0.3, -0.25) is 4.90 Å². The van der Waals surface area contributed by atoms with Crippen molar-refractivity contribution in [3.63, 3.8) is 0 Å². The van der Waals surface area contributed by atoms with Crippen LogP contribution in [0.15, 0.2) is 0 Å². The second-order valence-electron chi connectivity index (χ2n) is 5.14. The summed E-state index contributed by atoms with van der Waals surface area (Å²) in [6, 6.07) is 0. The molecule has 1 saturated carbocycles. The maximum Gasteiger partial charge on any atom is 0.0698 e. The summed E-state index contributed by atoms with van der Waals surface area (Å²) in [6.07, 6.45) is 5.36. The number of hydrogen-bond acceptors (Lipinski definition) is 4. The second-order valence-corrected chi connectivity index (χ2v) is 5.14. The van der Waals surface area contributed by atoms with E-state index in [0.717, 1.165) is 32.5 Å². The molecule has 94 valence electrons. The fraction of sp³-hybridized carbons (Fsp3) is 1.00. The van der Waals surface area contributed by atoms with Crippen LogP contribution >= 0.6 is 0 Å².